The molecule has 2 aliphatic rings. The van der Waals surface area contributed by atoms with E-state index < -0.39 is 0 Å². The van der Waals surface area contributed by atoms with E-state index in [4.69, 9.17) is 15.1 Å². The number of hydrogen-bond donors (Lipinski definition) is 1. The number of aryl methyl sites for hydroxylation is 2. The maximum Gasteiger partial charge on any atom is 0.313 e. The molecule has 1 amide bonds. The number of carbonyl (C=O) groups excluding carboxylic acids is 1. The molecular formula is C27H35N7O2. The van der Waals surface area contributed by atoms with Crippen LogP contribution in [0.5, 0.6) is 0 Å². The summed E-state index contributed by atoms with van der Waals surface area (Å²) in [6.45, 7) is 10.9. The van der Waals surface area contributed by atoms with Crippen LogP contribution in [0, 0.1) is 13.8 Å². The first-order valence-electron chi connectivity index (χ1n) is 12.9. The third kappa shape index (κ3) is 4.93. The molecule has 3 aromatic rings. The summed E-state index contributed by atoms with van der Waals surface area (Å²) in [5.41, 5.74) is 10.2. The van der Waals surface area contributed by atoms with Gasteiger partial charge < -0.3 is 20.0 Å². The highest BCUT2D eigenvalue weighted by molar-refractivity contribution is 5.94. The largest absolute Gasteiger partial charge is 0.402 e. The summed E-state index contributed by atoms with van der Waals surface area (Å²) in [7, 11) is 0. The Morgan fingerprint density at radius 1 is 1.03 bits per heavy atom. The molecule has 0 radical (unpaired) electrons. The zero-order chi connectivity index (χ0) is 25.2. The minimum Gasteiger partial charge on any atom is -0.402 e. The predicted molar refractivity (Wildman–Crippen MR) is 140 cm³/mol. The number of amides is 1. The lowest BCUT2D eigenvalue weighted by atomic mass is 9.97. The van der Waals surface area contributed by atoms with Gasteiger partial charge in [0.25, 0.3) is 11.8 Å². The van der Waals surface area contributed by atoms with Crippen LogP contribution in [0.15, 0.2) is 40.8 Å². The molecule has 0 saturated carbocycles. The van der Waals surface area contributed by atoms with Gasteiger partial charge >= 0.3 is 6.01 Å². The summed E-state index contributed by atoms with van der Waals surface area (Å²) >= 11 is 0. The summed E-state index contributed by atoms with van der Waals surface area (Å²) < 4.78 is 5.33. The number of aromatic nitrogens is 3. The van der Waals surface area contributed by atoms with E-state index in [1.165, 1.54) is 5.56 Å². The first-order chi connectivity index (χ1) is 17.4. The lowest BCUT2D eigenvalue weighted by Crippen LogP contribution is -2.58. The summed E-state index contributed by atoms with van der Waals surface area (Å²) in [4.78, 5) is 24.8. The van der Waals surface area contributed by atoms with Crippen LogP contribution in [0.4, 0.5) is 11.7 Å². The minimum absolute atomic E-state index is 0.0424. The number of nitrogens with two attached hydrogens (primary N) is 1. The Balaban J connectivity index is 1.20. The first-order valence-corrected chi connectivity index (χ1v) is 12.9. The SMILES string of the molecule is CC[C@H]1CN(c2ccc(-c3nnc(N)o3)nc2C)CCN1C1CCN(C(=O)c2ccc(C)cc2)CC1. The van der Waals surface area contributed by atoms with Gasteiger partial charge in [0, 0.05) is 50.4 Å². The molecular weight excluding hydrogens is 454 g/mol. The number of piperidine rings is 1. The highest BCUT2D eigenvalue weighted by Gasteiger charge is 2.34. The van der Waals surface area contributed by atoms with Crippen LogP contribution >= 0.6 is 0 Å². The van der Waals surface area contributed by atoms with Crippen molar-refractivity contribution in [2.75, 3.05) is 43.4 Å². The molecule has 0 unspecified atom stereocenters. The second kappa shape index (κ2) is 10.3. The number of pyridine rings is 1. The third-order valence-electron chi connectivity index (χ3n) is 7.58. The molecule has 4 heterocycles. The zero-order valence-corrected chi connectivity index (χ0v) is 21.4. The highest BCUT2D eigenvalue weighted by Crippen LogP contribution is 2.29. The van der Waals surface area contributed by atoms with Crippen molar-refractivity contribution in [1.29, 1.82) is 0 Å². The molecule has 1 aromatic carbocycles. The standard InChI is InChI=1S/C27H35N7O2/c1-4-21-17-33(24-10-9-23(29-19(24)3)25-30-31-27(28)36-25)15-16-34(21)22-11-13-32(14-12-22)26(35)20-7-5-18(2)6-8-20/h5-10,21-22H,4,11-17H2,1-3H3,(H2,28,31)/t21-/m0/s1. The highest BCUT2D eigenvalue weighted by atomic mass is 16.4. The second-order valence-electron chi connectivity index (χ2n) is 9.88. The topological polar surface area (TPSA) is 105 Å². The average molecular weight is 490 g/mol. The molecule has 2 saturated heterocycles. The number of nitrogens with zero attached hydrogens (tertiary/aromatic N) is 6. The van der Waals surface area contributed by atoms with E-state index in [2.05, 4.69) is 33.0 Å². The molecule has 2 N–H and O–H groups in total. The lowest BCUT2D eigenvalue weighted by molar-refractivity contribution is 0.0491. The smallest absolute Gasteiger partial charge is 0.313 e. The lowest BCUT2D eigenvalue weighted by Gasteiger charge is -2.48. The summed E-state index contributed by atoms with van der Waals surface area (Å²) in [5, 5.41) is 7.67. The van der Waals surface area contributed by atoms with Gasteiger partial charge in [-0.15, -0.1) is 5.10 Å². The monoisotopic (exact) mass is 489 g/mol. The molecule has 2 aromatic heterocycles. The van der Waals surface area contributed by atoms with Crippen LogP contribution in [0.3, 0.4) is 0 Å². The van der Waals surface area contributed by atoms with Crippen LogP contribution in [0.1, 0.15) is 47.8 Å². The van der Waals surface area contributed by atoms with Gasteiger partial charge in [0.2, 0.25) is 0 Å². The second-order valence-corrected chi connectivity index (χ2v) is 9.88. The molecule has 1 atom stereocenters. The molecule has 0 spiro atoms. The normalized spacial score (nSPS) is 19.6. The predicted octanol–water partition coefficient (Wildman–Crippen LogP) is 3.54. The Hall–Kier alpha value is -3.46. The van der Waals surface area contributed by atoms with Gasteiger partial charge in [-0.25, -0.2) is 4.98 Å². The molecule has 9 heteroatoms. The van der Waals surface area contributed by atoms with E-state index in [9.17, 15) is 4.79 Å². The maximum absolute atomic E-state index is 12.9. The fourth-order valence-electron chi connectivity index (χ4n) is 5.56. The van der Waals surface area contributed by atoms with Crippen molar-refractivity contribution in [2.45, 2.75) is 52.1 Å². The number of hydrogen-bond acceptors (Lipinski definition) is 8. The quantitative estimate of drug-likeness (QED) is 0.580. The number of benzene rings is 1. The molecule has 2 fully saturated rings. The summed E-state index contributed by atoms with van der Waals surface area (Å²) in [6.07, 6.45) is 3.14. The maximum atomic E-state index is 12.9. The number of anilines is 2. The van der Waals surface area contributed by atoms with E-state index in [1.807, 2.05) is 49.1 Å². The van der Waals surface area contributed by atoms with Gasteiger partial charge in [-0.2, -0.15) is 0 Å². The van der Waals surface area contributed by atoms with Gasteiger partial charge in [-0.1, -0.05) is 29.7 Å². The number of rotatable bonds is 5. The third-order valence-corrected chi connectivity index (χ3v) is 7.58. The molecule has 5 rings (SSSR count). The van der Waals surface area contributed by atoms with E-state index in [1.54, 1.807) is 0 Å². The molecule has 2 aliphatic heterocycles. The van der Waals surface area contributed by atoms with Gasteiger partial charge in [0.1, 0.15) is 5.69 Å². The Morgan fingerprint density at radius 3 is 2.42 bits per heavy atom. The molecule has 0 aliphatic carbocycles. The average Bonchev–Trinajstić information content (AvgIpc) is 3.34. The van der Waals surface area contributed by atoms with E-state index in [0.29, 0.717) is 23.7 Å². The van der Waals surface area contributed by atoms with Crippen LogP contribution < -0.4 is 10.6 Å². The van der Waals surface area contributed by atoms with Gasteiger partial charge in [0.15, 0.2) is 0 Å². The van der Waals surface area contributed by atoms with Crippen LogP contribution in [-0.2, 0) is 0 Å². The number of piperazine rings is 1. The number of likely N-dealkylation sites (tertiary alicyclic amines) is 1. The van der Waals surface area contributed by atoms with Crippen molar-refractivity contribution in [2.24, 2.45) is 0 Å². The van der Waals surface area contributed by atoms with Crippen LogP contribution in [-0.4, -0.2) is 75.7 Å². The first kappa shape index (κ1) is 24.2. The van der Waals surface area contributed by atoms with E-state index in [0.717, 1.165) is 68.9 Å². The Labute approximate surface area is 212 Å². The fraction of sp³-hybridized carbons (Fsp3) is 0.481. The summed E-state index contributed by atoms with van der Waals surface area (Å²) in [6, 6.07) is 12.9. The van der Waals surface area contributed by atoms with Crippen molar-refractivity contribution in [3.05, 3.63) is 53.2 Å². The van der Waals surface area contributed by atoms with Crippen molar-refractivity contribution < 1.29 is 9.21 Å². The fourth-order valence-corrected chi connectivity index (χ4v) is 5.56. The zero-order valence-electron chi connectivity index (χ0n) is 21.4. The van der Waals surface area contributed by atoms with Crippen molar-refractivity contribution >= 4 is 17.6 Å². The Morgan fingerprint density at radius 2 is 1.78 bits per heavy atom. The molecule has 36 heavy (non-hydrogen) atoms. The van der Waals surface area contributed by atoms with E-state index >= 15 is 0 Å². The van der Waals surface area contributed by atoms with Crippen LogP contribution in [0.2, 0.25) is 0 Å². The molecule has 0 bridgehead atoms. The summed E-state index contributed by atoms with van der Waals surface area (Å²) in [5.74, 6) is 0.491. The van der Waals surface area contributed by atoms with Crippen LogP contribution in [0.25, 0.3) is 11.6 Å². The molecule has 9 nitrogen and oxygen atoms in total. The van der Waals surface area contributed by atoms with Gasteiger partial charge in [-0.3, -0.25) is 9.69 Å². The van der Waals surface area contributed by atoms with Gasteiger partial charge in [-0.05, 0) is 57.4 Å². The minimum atomic E-state index is 0.0424. The van der Waals surface area contributed by atoms with Gasteiger partial charge in [0.05, 0.1) is 11.4 Å². The Kier molecular flexibility index (Phi) is 6.91. The van der Waals surface area contributed by atoms with Crippen molar-refractivity contribution in [3.8, 4) is 11.6 Å². The molecule has 190 valence electrons. The van der Waals surface area contributed by atoms with Crippen molar-refractivity contribution in [1.82, 2.24) is 25.0 Å². The van der Waals surface area contributed by atoms with E-state index in [-0.39, 0.29) is 11.9 Å². The number of carbonyl (C=O) groups is 1. The Bertz CT molecular complexity index is 1200. The number of nitrogen functional groups attached to an aromatic ring is 1. The van der Waals surface area contributed by atoms with Crippen molar-refractivity contribution in [3.63, 3.8) is 0 Å².